The molecule has 2 aliphatic heterocycles. The lowest BCUT2D eigenvalue weighted by Crippen LogP contribution is -2.50. The van der Waals surface area contributed by atoms with Crippen LogP contribution in [0.2, 0.25) is 0 Å². The highest BCUT2D eigenvalue weighted by Gasteiger charge is 2.34. The maximum Gasteiger partial charge on any atom is 0.253 e. The molecule has 9 nitrogen and oxygen atoms in total. The van der Waals surface area contributed by atoms with Crippen LogP contribution in [-0.4, -0.2) is 85.5 Å². The first-order valence-corrected chi connectivity index (χ1v) is 16.3. The largest absolute Gasteiger partial charge is 0.369 e. The predicted octanol–water partition coefficient (Wildman–Crippen LogP) is 2.86. The summed E-state index contributed by atoms with van der Waals surface area (Å²) in [6.07, 6.45) is 7.01. The van der Waals surface area contributed by atoms with E-state index in [4.69, 9.17) is 10.7 Å². The summed E-state index contributed by atoms with van der Waals surface area (Å²) in [7, 11) is -3.52. The summed E-state index contributed by atoms with van der Waals surface area (Å²) >= 11 is 3.61. The summed E-state index contributed by atoms with van der Waals surface area (Å²) in [5.41, 5.74) is 12.3. The molecule has 1 aliphatic carbocycles. The minimum absolute atomic E-state index is 0.0390. The third-order valence-corrected chi connectivity index (χ3v) is 9.13. The van der Waals surface area contributed by atoms with E-state index >= 15 is 0 Å². The summed E-state index contributed by atoms with van der Waals surface area (Å²) < 4.78 is 27.4. The zero-order valence-electron chi connectivity index (χ0n) is 22.6. The smallest absolute Gasteiger partial charge is 0.253 e. The van der Waals surface area contributed by atoms with Crippen molar-refractivity contribution in [2.45, 2.75) is 45.1 Å². The van der Waals surface area contributed by atoms with E-state index in [0.717, 1.165) is 55.2 Å². The Labute approximate surface area is 239 Å². The molecule has 1 atom stereocenters. The number of piperazine rings is 1. The van der Waals surface area contributed by atoms with Crippen LogP contribution in [-0.2, 0) is 27.7 Å². The van der Waals surface area contributed by atoms with E-state index in [9.17, 15) is 13.2 Å². The van der Waals surface area contributed by atoms with Gasteiger partial charge in [-0.1, -0.05) is 23.8 Å². The van der Waals surface area contributed by atoms with Crippen molar-refractivity contribution in [3.63, 3.8) is 0 Å². The van der Waals surface area contributed by atoms with Crippen LogP contribution >= 0.6 is 15.9 Å². The molecule has 1 aromatic heterocycles. The number of fused-ring (bicyclic) bond motifs is 2. The van der Waals surface area contributed by atoms with Crippen molar-refractivity contribution in [2.24, 2.45) is 16.0 Å². The first-order valence-electron chi connectivity index (χ1n) is 13.6. The lowest BCUT2D eigenvalue weighted by Gasteiger charge is -2.40. The molecule has 1 unspecified atom stereocenters. The molecule has 0 bridgehead atoms. The lowest BCUT2D eigenvalue weighted by molar-refractivity contribution is -0.134. The highest BCUT2D eigenvalue weighted by molar-refractivity contribution is 9.10. The van der Waals surface area contributed by atoms with Crippen LogP contribution in [0, 0.1) is 12.8 Å². The van der Waals surface area contributed by atoms with Crippen molar-refractivity contribution in [3.8, 4) is 0 Å². The van der Waals surface area contributed by atoms with Gasteiger partial charge < -0.3 is 15.5 Å². The third kappa shape index (κ3) is 6.63. The van der Waals surface area contributed by atoms with Gasteiger partial charge in [-0.15, -0.1) is 4.40 Å². The normalized spacial score (nSPS) is 21.3. The molecule has 2 saturated heterocycles. The zero-order valence-corrected chi connectivity index (χ0v) is 25.0. The van der Waals surface area contributed by atoms with Gasteiger partial charge in [-0.05, 0) is 77.2 Å². The predicted molar refractivity (Wildman–Crippen MR) is 156 cm³/mol. The van der Waals surface area contributed by atoms with Crippen LogP contribution in [0.25, 0.3) is 0 Å². The first kappa shape index (κ1) is 28.0. The Bertz CT molecular complexity index is 1310. The van der Waals surface area contributed by atoms with Crippen molar-refractivity contribution in [3.05, 3.63) is 62.9 Å². The Hall–Kier alpha value is -2.50. The molecule has 5 rings (SSSR count). The second-order valence-corrected chi connectivity index (χ2v) is 13.6. The molecule has 0 saturated carbocycles. The van der Waals surface area contributed by atoms with E-state index in [-0.39, 0.29) is 23.8 Å². The second kappa shape index (κ2) is 11.5. The number of sulfonamides is 1. The molecular weight excluding hydrogens is 580 g/mol. The van der Waals surface area contributed by atoms with Crippen molar-refractivity contribution < 1.29 is 13.2 Å². The number of likely N-dealkylation sites (tertiary alicyclic amines) is 1. The van der Waals surface area contributed by atoms with Crippen LogP contribution in [0.15, 0.2) is 39.3 Å². The number of hydrogen-bond acceptors (Lipinski definition) is 5. The van der Waals surface area contributed by atoms with Crippen molar-refractivity contribution in [1.82, 2.24) is 19.7 Å². The summed E-state index contributed by atoms with van der Waals surface area (Å²) in [4.78, 5) is 24.4. The van der Waals surface area contributed by atoms with Crippen molar-refractivity contribution in [1.29, 1.82) is 0 Å². The molecule has 2 N–H and O–H groups in total. The summed E-state index contributed by atoms with van der Waals surface area (Å²) in [6, 6.07) is 9.08. The molecule has 2 aromatic rings. The van der Waals surface area contributed by atoms with Gasteiger partial charge in [0.15, 0.2) is 0 Å². The molecule has 2 fully saturated rings. The Morgan fingerprint density at radius 2 is 1.74 bits per heavy atom. The third-order valence-electron chi connectivity index (χ3n) is 8.18. The van der Waals surface area contributed by atoms with Crippen LogP contribution in [0.5, 0.6) is 0 Å². The number of guanidine groups is 1. The van der Waals surface area contributed by atoms with E-state index in [1.807, 2.05) is 11.1 Å². The van der Waals surface area contributed by atoms with E-state index in [1.165, 1.54) is 22.3 Å². The number of benzene rings is 1. The number of pyridine rings is 1. The van der Waals surface area contributed by atoms with Crippen LogP contribution in [0.1, 0.15) is 53.3 Å². The van der Waals surface area contributed by atoms with Gasteiger partial charge in [0.1, 0.15) is 0 Å². The minimum atomic E-state index is -3.52. The van der Waals surface area contributed by atoms with Gasteiger partial charge in [0.05, 0.1) is 18.0 Å². The van der Waals surface area contributed by atoms with E-state index in [1.54, 1.807) is 4.90 Å². The number of aromatic nitrogens is 1. The van der Waals surface area contributed by atoms with Gasteiger partial charge in [-0.3, -0.25) is 14.7 Å². The molecule has 3 heterocycles. The van der Waals surface area contributed by atoms with Gasteiger partial charge in [-0.2, -0.15) is 0 Å². The maximum atomic E-state index is 13.2. The Kier molecular flexibility index (Phi) is 8.30. The number of piperidine rings is 1. The monoisotopic (exact) mass is 616 g/mol. The standard InChI is InChI=1S/C28H37BrN6O3S/c1-19-3-6-24-21(15-19)4-5-22-17-23(29)18-31-26(22)27(24)34-13-11-33(12-14-34)25(36)16-20-7-9-35(10-8-20)28(30)32-39(2,37)38/h3,6,15,17-18,20,27H,4-5,7-14,16H2,1-2H3,(H2,30,32). The molecule has 1 amide bonds. The first-order chi connectivity index (χ1) is 18.6. The lowest BCUT2D eigenvalue weighted by atomic mass is 9.92. The Morgan fingerprint density at radius 1 is 1.05 bits per heavy atom. The summed E-state index contributed by atoms with van der Waals surface area (Å²) in [5.74, 6) is 0.506. The average Bonchev–Trinajstić information content (AvgIpc) is 3.04. The van der Waals surface area contributed by atoms with Crippen molar-refractivity contribution >= 4 is 37.8 Å². The van der Waals surface area contributed by atoms with Crippen LogP contribution in [0.4, 0.5) is 0 Å². The maximum absolute atomic E-state index is 13.2. The molecule has 210 valence electrons. The molecule has 0 radical (unpaired) electrons. The Morgan fingerprint density at radius 3 is 2.44 bits per heavy atom. The second-order valence-electron chi connectivity index (χ2n) is 11.0. The van der Waals surface area contributed by atoms with Gasteiger partial charge >= 0.3 is 0 Å². The quantitative estimate of drug-likeness (QED) is 0.415. The minimum Gasteiger partial charge on any atom is -0.369 e. The van der Waals surface area contributed by atoms with E-state index in [2.05, 4.69) is 56.4 Å². The van der Waals surface area contributed by atoms with Gasteiger partial charge in [0.2, 0.25) is 11.9 Å². The molecule has 0 spiro atoms. The van der Waals surface area contributed by atoms with Gasteiger partial charge in [0.25, 0.3) is 10.0 Å². The van der Waals surface area contributed by atoms with Crippen LogP contribution < -0.4 is 5.73 Å². The van der Waals surface area contributed by atoms with Crippen molar-refractivity contribution in [2.75, 3.05) is 45.5 Å². The number of aryl methyl sites for hydroxylation is 3. The summed E-state index contributed by atoms with van der Waals surface area (Å²) in [5, 5.41) is 0. The SMILES string of the molecule is Cc1ccc2c(c1)CCc1cc(Br)cnc1C2N1CCN(C(=O)CC2CCN(/C(N)=N/S(C)(=O)=O)CC2)CC1. The number of halogens is 1. The highest BCUT2D eigenvalue weighted by Crippen LogP contribution is 2.37. The van der Waals surface area contributed by atoms with E-state index < -0.39 is 10.0 Å². The fraction of sp³-hybridized carbons (Fsp3) is 0.536. The van der Waals surface area contributed by atoms with Gasteiger partial charge in [-0.25, -0.2) is 8.42 Å². The summed E-state index contributed by atoms with van der Waals surface area (Å²) in [6.45, 7) is 6.38. The highest BCUT2D eigenvalue weighted by atomic mass is 79.9. The van der Waals surface area contributed by atoms with Crippen LogP contribution in [0.3, 0.4) is 0 Å². The number of amides is 1. The fourth-order valence-corrected chi connectivity index (χ4v) is 6.98. The molecular formula is C28H37BrN6O3S. The zero-order chi connectivity index (χ0) is 27.7. The van der Waals surface area contributed by atoms with E-state index in [0.29, 0.717) is 32.6 Å². The Balaban J connectivity index is 1.22. The average molecular weight is 618 g/mol. The number of nitrogens with zero attached hydrogens (tertiary/aromatic N) is 5. The molecule has 3 aliphatic rings. The topological polar surface area (TPSA) is 112 Å². The number of hydrogen-bond donors (Lipinski definition) is 1. The number of nitrogens with two attached hydrogens (primary N) is 1. The molecule has 39 heavy (non-hydrogen) atoms. The fourth-order valence-electron chi connectivity index (χ4n) is 6.14. The number of rotatable bonds is 4. The molecule has 11 heteroatoms. The number of carbonyl (C=O) groups excluding carboxylic acids is 1. The number of carbonyl (C=O) groups is 1. The molecule has 1 aromatic carbocycles. The van der Waals surface area contributed by atoms with Gasteiger partial charge in [0, 0.05) is 56.4 Å².